The average molecular weight is 166 g/mol. The second-order valence-electron chi connectivity index (χ2n) is 2.32. The van der Waals surface area contributed by atoms with Crippen LogP contribution in [0.25, 0.3) is 0 Å². The Morgan fingerprint density at radius 1 is 1.18 bits per heavy atom. The van der Waals surface area contributed by atoms with Gasteiger partial charge in [0.1, 0.15) is 0 Å². The van der Waals surface area contributed by atoms with Gasteiger partial charge in [-0.2, -0.15) is 0 Å². The fourth-order valence-electron chi connectivity index (χ4n) is 0.802. The van der Waals surface area contributed by atoms with Crippen LogP contribution in [0.1, 0.15) is 19.8 Å². The first kappa shape index (κ1) is 10.8. The smallest absolute Gasteiger partial charge is 0.0798 e. The Balaban J connectivity index is 3.69. The largest absolute Gasteiger partial charge is 0.290 e. The van der Waals surface area contributed by atoms with Crippen LogP contribution < -0.4 is 0 Å². The van der Waals surface area contributed by atoms with Crippen molar-refractivity contribution in [1.82, 2.24) is 10.5 Å². The maximum atomic E-state index is 8.53. The van der Waals surface area contributed by atoms with Crippen LogP contribution in [0.3, 0.4) is 0 Å². The van der Waals surface area contributed by atoms with E-state index < -0.39 is 6.04 Å². The quantitative estimate of drug-likeness (QED) is 0.440. The molecule has 0 spiro atoms. The highest BCUT2D eigenvalue weighted by molar-refractivity contribution is 4.59. The van der Waals surface area contributed by atoms with Gasteiger partial charge in [0.05, 0.1) is 12.6 Å². The van der Waals surface area contributed by atoms with E-state index in [1.807, 2.05) is 6.92 Å². The second kappa shape index (κ2) is 5.42. The van der Waals surface area contributed by atoms with Crippen LogP contribution in [0, 0.1) is 0 Å². The Bertz CT molecular complexity index is 98.5. The average Bonchev–Trinajstić information content (AvgIpc) is 1.86. The summed E-state index contributed by atoms with van der Waals surface area (Å²) in [7, 11) is 0. The van der Waals surface area contributed by atoms with Gasteiger partial charge >= 0.3 is 0 Å². The van der Waals surface area contributed by atoms with Gasteiger partial charge in [-0.25, -0.2) is 0 Å². The van der Waals surface area contributed by atoms with Gasteiger partial charge in [0.25, 0.3) is 0 Å². The zero-order valence-corrected chi connectivity index (χ0v) is 6.38. The molecule has 68 valence electrons. The predicted octanol–water partition coefficient (Wildman–Crippen LogP) is 0.316. The van der Waals surface area contributed by atoms with Crippen molar-refractivity contribution >= 4 is 0 Å². The van der Waals surface area contributed by atoms with E-state index in [0.29, 0.717) is 6.42 Å². The molecule has 0 fully saturated rings. The van der Waals surface area contributed by atoms with Gasteiger partial charge < -0.3 is 0 Å². The summed E-state index contributed by atoms with van der Waals surface area (Å²) in [5.41, 5.74) is 0. The number of hydroxylamine groups is 4. The number of hydrogen-bond donors (Lipinski definition) is 4. The standard InChI is InChI=1S/C5H14N2O4/c1-2-3-5(7(10)11)4-6(8)9/h5,8-11H,2-4H2,1H3. The first-order valence-electron chi connectivity index (χ1n) is 3.40. The van der Waals surface area contributed by atoms with Crippen molar-refractivity contribution in [2.24, 2.45) is 0 Å². The molecule has 0 radical (unpaired) electrons. The second-order valence-corrected chi connectivity index (χ2v) is 2.32. The lowest BCUT2D eigenvalue weighted by Crippen LogP contribution is -2.38. The van der Waals surface area contributed by atoms with Gasteiger partial charge in [0, 0.05) is 0 Å². The van der Waals surface area contributed by atoms with Crippen LogP contribution in [-0.4, -0.2) is 43.9 Å². The lowest BCUT2D eigenvalue weighted by molar-refractivity contribution is -0.368. The van der Waals surface area contributed by atoms with Crippen LogP contribution in [0.15, 0.2) is 0 Å². The zero-order valence-electron chi connectivity index (χ0n) is 6.38. The van der Waals surface area contributed by atoms with Crippen LogP contribution in [0.4, 0.5) is 0 Å². The van der Waals surface area contributed by atoms with Crippen molar-refractivity contribution in [3.63, 3.8) is 0 Å². The Hall–Kier alpha value is -0.240. The molecule has 11 heavy (non-hydrogen) atoms. The lowest BCUT2D eigenvalue weighted by Gasteiger charge is -2.20. The highest BCUT2D eigenvalue weighted by Crippen LogP contribution is 2.02. The normalized spacial score (nSPS) is 14.5. The maximum absolute atomic E-state index is 8.53. The fourth-order valence-corrected chi connectivity index (χ4v) is 0.802. The van der Waals surface area contributed by atoms with Crippen molar-refractivity contribution in [1.29, 1.82) is 0 Å². The van der Waals surface area contributed by atoms with E-state index in [2.05, 4.69) is 0 Å². The molecule has 4 N–H and O–H groups in total. The minimum absolute atomic E-state index is 0.0110. The molecule has 0 aromatic carbocycles. The molecule has 6 nitrogen and oxygen atoms in total. The van der Waals surface area contributed by atoms with Crippen molar-refractivity contribution in [3.05, 3.63) is 0 Å². The molecule has 0 aromatic heterocycles. The molecule has 0 amide bonds. The third-order valence-corrected chi connectivity index (χ3v) is 1.32. The molecule has 1 unspecified atom stereocenters. The molecule has 1 atom stereocenters. The molecule has 0 bridgehead atoms. The lowest BCUT2D eigenvalue weighted by atomic mass is 10.2. The maximum Gasteiger partial charge on any atom is 0.0798 e. The molecular formula is C5H14N2O4. The molecule has 0 aliphatic carbocycles. The monoisotopic (exact) mass is 166 g/mol. The summed E-state index contributed by atoms with van der Waals surface area (Å²) in [5.74, 6) is 0. The van der Waals surface area contributed by atoms with Gasteiger partial charge in [-0.1, -0.05) is 23.8 Å². The van der Waals surface area contributed by atoms with E-state index in [1.54, 1.807) is 0 Å². The van der Waals surface area contributed by atoms with E-state index in [1.165, 1.54) is 0 Å². The Morgan fingerprint density at radius 3 is 2.00 bits per heavy atom. The molecule has 0 saturated carbocycles. The predicted molar refractivity (Wildman–Crippen MR) is 34.4 cm³/mol. The van der Waals surface area contributed by atoms with Crippen molar-refractivity contribution < 1.29 is 20.8 Å². The molecule has 0 aromatic rings. The number of nitrogens with zero attached hydrogens (tertiary/aromatic N) is 2. The van der Waals surface area contributed by atoms with Gasteiger partial charge in [0.15, 0.2) is 0 Å². The summed E-state index contributed by atoms with van der Waals surface area (Å²) in [6.07, 6.45) is 1.21. The van der Waals surface area contributed by atoms with Crippen molar-refractivity contribution in [3.8, 4) is 0 Å². The molecule has 0 aliphatic heterocycles. The summed E-state index contributed by atoms with van der Waals surface area (Å²) in [6.45, 7) is 1.64. The SMILES string of the molecule is CCCC(CN(O)O)N(O)O. The molecule has 6 heteroatoms. The van der Waals surface area contributed by atoms with Crippen LogP contribution in [-0.2, 0) is 0 Å². The molecule has 0 heterocycles. The summed E-state index contributed by atoms with van der Waals surface area (Å²) in [4.78, 5) is 0. The zero-order chi connectivity index (χ0) is 8.85. The number of rotatable bonds is 5. The van der Waals surface area contributed by atoms with Gasteiger partial charge in [-0.3, -0.25) is 20.8 Å². The van der Waals surface area contributed by atoms with Crippen LogP contribution >= 0.6 is 0 Å². The Labute approximate surface area is 64.7 Å². The van der Waals surface area contributed by atoms with E-state index in [4.69, 9.17) is 20.8 Å². The molecule has 0 aliphatic rings. The van der Waals surface area contributed by atoms with E-state index in [0.717, 1.165) is 6.42 Å². The molecule has 0 rings (SSSR count). The third kappa shape index (κ3) is 5.08. The van der Waals surface area contributed by atoms with E-state index in [-0.39, 0.29) is 17.0 Å². The fraction of sp³-hybridized carbons (Fsp3) is 1.00. The summed E-state index contributed by atoms with van der Waals surface area (Å²) in [6, 6.07) is -0.671. The minimum atomic E-state index is -0.671. The summed E-state index contributed by atoms with van der Waals surface area (Å²) < 4.78 is 0. The van der Waals surface area contributed by atoms with Gasteiger partial charge in [-0.05, 0) is 6.42 Å². The Morgan fingerprint density at radius 2 is 1.73 bits per heavy atom. The first-order chi connectivity index (χ1) is 5.07. The van der Waals surface area contributed by atoms with Gasteiger partial charge in [0.2, 0.25) is 0 Å². The highest BCUT2D eigenvalue weighted by atomic mass is 16.8. The molecular weight excluding hydrogens is 152 g/mol. The topological polar surface area (TPSA) is 87.4 Å². The van der Waals surface area contributed by atoms with E-state index >= 15 is 0 Å². The van der Waals surface area contributed by atoms with Crippen molar-refractivity contribution in [2.45, 2.75) is 25.8 Å². The van der Waals surface area contributed by atoms with Crippen molar-refractivity contribution in [2.75, 3.05) is 6.54 Å². The number of hydrogen-bond acceptors (Lipinski definition) is 6. The third-order valence-electron chi connectivity index (χ3n) is 1.32. The molecule has 0 saturated heterocycles. The summed E-state index contributed by atoms with van der Waals surface area (Å²) >= 11 is 0. The summed E-state index contributed by atoms with van der Waals surface area (Å²) in [5, 5.41) is 33.7. The highest BCUT2D eigenvalue weighted by Gasteiger charge is 2.16. The minimum Gasteiger partial charge on any atom is -0.290 e. The van der Waals surface area contributed by atoms with Crippen LogP contribution in [0.2, 0.25) is 0 Å². The Kier molecular flexibility index (Phi) is 5.30. The van der Waals surface area contributed by atoms with Gasteiger partial charge in [-0.15, -0.1) is 0 Å². The first-order valence-corrected chi connectivity index (χ1v) is 3.40. The van der Waals surface area contributed by atoms with Crippen LogP contribution in [0.5, 0.6) is 0 Å². The van der Waals surface area contributed by atoms with E-state index in [9.17, 15) is 0 Å².